The first-order valence-electron chi connectivity index (χ1n) is 4.81. The van der Waals surface area contributed by atoms with E-state index in [0.717, 1.165) is 5.56 Å². The second kappa shape index (κ2) is 3.79. The molecule has 0 bridgehead atoms. The van der Waals surface area contributed by atoms with Crippen molar-refractivity contribution in [1.29, 1.82) is 0 Å². The minimum Gasteiger partial charge on any atom is -0.336 e. The fraction of sp³-hybridized carbons (Fsp3) is 0.300. The molecule has 0 unspecified atom stereocenters. The first-order valence-corrected chi connectivity index (χ1v) is 6.70. The van der Waals surface area contributed by atoms with Gasteiger partial charge >= 0.3 is 6.03 Å². The Morgan fingerprint density at radius 3 is 2.31 bits per heavy atom. The Hall–Kier alpha value is -1.56. The SMILES string of the molecule is CS(=O)(=O)c1ccc([C@@H]2CNC(=O)N2)cc1. The Morgan fingerprint density at radius 2 is 1.88 bits per heavy atom. The summed E-state index contributed by atoms with van der Waals surface area (Å²) in [5, 5.41) is 5.37. The molecule has 0 saturated carbocycles. The fourth-order valence-corrected chi connectivity index (χ4v) is 2.23. The van der Waals surface area contributed by atoms with E-state index in [1.807, 2.05) is 0 Å². The lowest BCUT2D eigenvalue weighted by Gasteiger charge is -2.09. The predicted molar refractivity (Wildman–Crippen MR) is 58.8 cm³/mol. The number of hydrogen-bond donors (Lipinski definition) is 2. The van der Waals surface area contributed by atoms with Crippen LogP contribution in [0.5, 0.6) is 0 Å². The van der Waals surface area contributed by atoms with Gasteiger partial charge in [-0.05, 0) is 17.7 Å². The lowest BCUT2D eigenvalue weighted by molar-refractivity contribution is 0.247. The van der Waals surface area contributed by atoms with Crippen molar-refractivity contribution in [3.05, 3.63) is 29.8 Å². The maximum atomic E-state index is 11.2. The van der Waals surface area contributed by atoms with Crippen molar-refractivity contribution in [3.63, 3.8) is 0 Å². The van der Waals surface area contributed by atoms with Crippen molar-refractivity contribution in [3.8, 4) is 0 Å². The van der Waals surface area contributed by atoms with E-state index in [9.17, 15) is 13.2 Å². The third-order valence-corrected chi connectivity index (χ3v) is 3.61. The summed E-state index contributed by atoms with van der Waals surface area (Å²) < 4.78 is 22.5. The monoisotopic (exact) mass is 240 g/mol. The van der Waals surface area contributed by atoms with Crippen LogP contribution in [0.4, 0.5) is 4.79 Å². The molecule has 1 heterocycles. The van der Waals surface area contributed by atoms with Crippen LogP contribution in [-0.2, 0) is 9.84 Å². The molecule has 2 amide bonds. The van der Waals surface area contributed by atoms with E-state index in [4.69, 9.17) is 0 Å². The van der Waals surface area contributed by atoms with Gasteiger partial charge in [-0.2, -0.15) is 0 Å². The van der Waals surface area contributed by atoms with E-state index in [-0.39, 0.29) is 17.0 Å². The van der Waals surface area contributed by atoms with E-state index >= 15 is 0 Å². The smallest absolute Gasteiger partial charge is 0.315 e. The van der Waals surface area contributed by atoms with E-state index in [0.29, 0.717) is 6.54 Å². The number of benzene rings is 1. The van der Waals surface area contributed by atoms with Gasteiger partial charge in [0.25, 0.3) is 0 Å². The Bertz CT molecular complexity index is 507. The summed E-state index contributed by atoms with van der Waals surface area (Å²) in [4.78, 5) is 11.2. The quantitative estimate of drug-likeness (QED) is 0.787. The Morgan fingerprint density at radius 1 is 1.25 bits per heavy atom. The topological polar surface area (TPSA) is 75.3 Å². The minimum absolute atomic E-state index is 0.0823. The minimum atomic E-state index is -3.16. The average Bonchev–Trinajstić information content (AvgIpc) is 2.64. The number of amides is 2. The van der Waals surface area contributed by atoms with E-state index in [1.165, 1.54) is 6.26 Å². The van der Waals surface area contributed by atoms with Gasteiger partial charge < -0.3 is 10.6 Å². The summed E-state index contributed by atoms with van der Waals surface area (Å²) in [5.74, 6) is 0. The number of sulfone groups is 1. The Kier molecular flexibility index (Phi) is 2.59. The molecule has 0 aliphatic carbocycles. The molecule has 2 rings (SSSR count). The maximum Gasteiger partial charge on any atom is 0.315 e. The zero-order valence-corrected chi connectivity index (χ0v) is 9.54. The molecule has 1 aliphatic heterocycles. The van der Waals surface area contributed by atoms with Gasteiger partial charge in [-0.15, -0.1) is 0 Å². The van der Waals surface area contributed by atoms with Crippen LogP contribution in [0.1, 0.15) is 11.6 Å². The molecule has 2 N–H and O–H groups in total. The number of carbonyl (C=O) groups excluding carboxylic acids is 1. The summed E-state index contributed by atoms with van der Waals surface area (Å²) in [7, 11) is -3.16. The van der Waals surface area contributed by atoms with Gasteiger partial charge in [-0.25, -0.2) is 13.2 Å². The zero-order valence-electron chi connectivity index (χ0n) is 8.73. The maximum absolute atomic E-state index is 11.2. The molecular formula is C10H12N2O3S. The summed E-state index contributed by atoms with van der Waals surface area (Å²) in [6, 6.07) is 6.26. The van der Waals surface area contributed by atoms with Gasteiger partial charge in [0.15, 0.2) is 9.84 Å². The summed E-state index contributed by atoms with van der Waals surface area (Å²) in [6.07, 6.45) is 1.17. The molecule has 0 radical (unpaired) electrons. The van der Waals surface area contributed by atoms with E-state index < -0.39 is 9.84 Å². The molecule has 86 valence electrons. The zero-order chi connectivity index (χ0) is 11.8. The number of rotatable bonds is 2. The van der Waals surface area contributed by atoms with Gasteiger partial charge in [0.2, 0.25) is 0 Å². The highest BCUT2D eigenvalue weighted by Gasteiger charge is 2.21. The van der Waals surface area contributed by atoms with Crippen molar-refractivity contribution < 1.29 is 13.2 Å². The first-order chi connectivity index (χ1) is 7.47. The third kappa shape index (κ3) is 2.16. The highest BCUT2D eigenvalue weighted by atomic mass is 32.2. The van der Waals surface area contributed by atoms with Crippen LogP contribution in [-0.4, -0.2) is 27.2 Å². The van der Waals surface area contributed by atoms with E-state index in [1.54, 1.807) is 24.3 Å². The largest absolute Gasteiger partial charge is 0.336 e. The van der Waals surface area contributed by atoms with Crippen LogP contribution in [0.2, 0.25) is 0 Å². The Labute approximate surface area is 93.8 Å². The number of carbonyl (C=O) groups is 1. The molecule has 1 fully saturated rings. The summed E-state index contributed by atoms with van der Waals surface area (Å²) in [6.45, 7) is 0.525. The van der Waals surface area contributed by atoms with Crippen LogP contribution in [0.15, 0.2) is 29.2 Å². The molecule has 1 aliphatic rings. The van der Waals surface area contributed by atoms with Crippen LogP contribution >= 0.6 is 0 Å². The van der Waals surface area contributed by atoms with Crippen molar-refractivity contribution in [1.82, 2.24) is 10.6 Å². The molecule has 1 saturated heterocycles. The standard InChI is InChI=1S/C10H12N2O3S/c1-16(14,15)8-4-2-7(3-5-8)9-6-11-10(13)12-9/h2-5,9H,6H2,1H3,(H2,11,12,13)/t9-/m0/s1. The second-order valence-corrected chi connectivity index (χ2v) is 5.76. The molecule has 0 aromatic heterocycles. The van der Waals surface area contributed by atoms with Gasteiger partial charge in [-0.3, -0.25) is 0 Å². The first kappa shape index (κ1) is 10.9. The van der Waals surface area contributed by atoms with Crippen LogP contribution in [0.25, 0.3) is 0 Å². The molecular weight excluding hydrogens is 228 g/mol. The number of hydrogen-bond acceptors (Lipinski definition) is 3. The van der Waals surface area contributed by atoms with Gasteiger partial charge in [0, 0.05) is 12.8 Å². The molecule has 1 aromatic carbocycles. The highest BCUT2D eigenvalue weighted by Crippen LogP contribution is 2.17. The van der Waals surface area contributed by atoms with Gasteiger partial charge in [0.05, 0.1) is 10.9 Å². The van der Waals surface area contributed by atoms with E-state index in [2.05, 4.69) is 10.6 Å². The second-order valence-electron chi connectivity index (χ2n) is 3.75. The Balaban J connectivity index is 2.23. The average molecular weight is 240 g/mol. The van der Waals surface area contributed by atoms with Crippen LogP contribution < -0.4 is 10.6 Å². The lowest BCUT2D eigenvalue weighted by Crippen LogP contribution is -2.21. The molecule has 1 atom stereocenters. The number of urea groups is 1. The molecule has 0 spiro atoms. The molecule has 6 heteroatoms. The normalized spacial score (nSPS) is 20.3. The highest BCUT2D eigenvalue weighted by molar-refractivity contribution is 7.90. The third-order valence-electron chi connectivity index (χ3n) is 2.48. The van der Waals surface area contributed by atoms with Crippen molar-refractivity contribution >= 4 is 15.9 Å². The fourth-order valence-electron chi connectivity index (χ4n) is 1.60. The van der Waals surface area contributed by atoms with Crippen LogP contribution in [0.3, 0.4) is 0 Å². The molecule has 5 nitrogen and oxygen atoms in total. The van der Waals surface area contributed by atoms with Crippen LogP contribution in [0, 0.1) is 0 Å². The summed E-state index contributed by atoms with van der Waals surface area (Å²) in [5.41, 5.74) is 0.894. The lowest BCUT2D eigenvalue weighted by atomic mass is 10.1. The predicted octanol–water partition coefficient (Wildman–Crippen LogP) is 0.444. The summed E-state index contributed by atoms with van der Waals surface area (Å²) >= 11 is 0. The van der Waals surface area contributed by atoms with Gasteiger partial charge in [-0.1, -0.05) is 12.1 Å². The number of nitrogens with one attached hydrogen (secondary N) is 2. The van der Waals surface area contributed by atoms with Crippen molar-refractivity contribution in [2.24, 2.45) is 0 Å². The molecule has 16 heavy (non-hydrogen) atoms. The van der Waals surface area contributed by atoms with Crippen molar-refractivity contribution in [2.45, 2.75) is 10.9 Å². The van der Waals surface area contributed by atoms with Gasteiger partial charge in [0.1, 0.15) is 0 Å². The van der Waals surface area contributed by atoms with Crippen molar-refractivity contribution in [2.75, 3.05) is 12.8 Å². The molecule has 1 aromatic rings.